The van der Waals surface area contributed by atoms with E-state index in [1.54, 1.807) is 18.2 Å². The van der Waals surface area contributed by atoms with Crippen molar-refractivity contribution in [3.8, 4) is 5.75 Å². The van der Waals surface area contributed by atoms with Crippen molar-refractivity contribution in [3.05, 3.63) is 27.3 Å². The van der Waals surface area contributed by atoms with Crippen molar-refractivity contribution in [1.82, 2.24) is 0 Å². The molecule has 0 aromatic heterocycles. The van der Waals surface area contributed by atoms with Crippen molar-refractivity contribution in [2.24, 2.45) is 0 Å². The molecule has 1 N–H and O–H groups in total. The van der Waals surface area contributed by atoms with Crippen molar-refractivity contribution < 1.29 is 14.6 Å². The molecule has 0 atom stereocenters. The molecule has 82 valence electrons. The molecule has 0 saturated carbocycles. The van der Waals surface area contributed by atoms with Gasteiger partial charge in [0.15, 0.2) is 0 Å². The Balaban J connectivity index is 2.76. The van der Waals surface area contributed by atoms with Gasteiger partial charge in [0, 0.05) is 0 Å². The van der Waals surface area contributed by atoms with Gasteiger partial charge in [-0.2, -0.15) is 0 Å². The van der Waals surface area contributed by atoms with E-state index in [1.165, 1.54) is 0 Å². The van der Waals surface area contributed by atoms with Gasteiger partial charge in [0.25, 0.3) is 0 Å². The number of hydrogen-bond donors (Lipinski definition) is 1. The van der Waals surface area contributed by atoms with Crippen LogP contribution in [0.2, 0.25) is 0 Å². The van der Waals surface area contributed by atoms with Crippen LogP contribution in [0.3, 0.4) is 0 Å². The van der Waals surface area contributed by atoms with Crippen LogP contribution in [0.15, 0.2) is 18.2 Å². The normalized spacial score (nSPS) is 10.0. The fourth-order valence-corrected chi connectivity index (χ4v) is 1.56. The lowest BCUT2D eigenvalue weighted by atomic mass is 10.2. The van der Waals surface area contributed by atoms with Gasteiger partial charge in [-0.3, -0.25) is 0 Å². The molecule has 15 heavy (non-hydrogen) atoms. The van der Waals surface area contributed by atoms with Gasteiger partial charge in [0.1, 0.15) is 5.75 Å². The zero-order chi connectivity index (χ0) is 11.3. The number of benzene rings is 1. The van der Waals surface area contributed by atoms with Crippen LogP contribution in [-0.4, -0.2) is 17.7 Å². The summed E-state index contributed by atoms with van der Waals surface area (Å²) in [6.07, 6.45) is 2.04. The Morgan fingerprint density at radius 2 is 2.27 bits per heavy atom. The van der Waals surface area contributed by atoms with E-state index < -0.39 is 5.97 Å². The second-order valence-corrected chi connectivity index (χ2v) is 4.31. The van der Waals surface area contributed by atoms with Crippen LogP contribution >= 0.6 is 22.6 Å². The SMILES string of the molecule is CCCCOc1cc(C(=O)O)ccc1I. The molecule has 3 nitrogen and oxygen atoms in total. The molecule has 0 spiro atoms. The van der Waals surface area contributed by atoms with Crippen molar-refractivity contribution in [2.75, 3.05) is 6.61 Å². The quantitative estimate of drug-likeness (QED) is 0.669. The second kappa shape index (κ2) is 5.95. The first-order valence-corrected chi connectivity index (χ1v) is 5.88. The van der Waals surface area contributed by atoms with E-state index in [0.717, 1.165) is 16.4 Å². The maximum Gasteiger partial charge on any atom is 0.335 e. The predicted octanol–water partition coefficient (Wildman–Crippen LogP) is 3.17. The van der Waals surface area contributed by atoms with Crippen LogP contribution in [0, 0.1) is 3.57 Å². The first-order chi connectivity index (χ1) is 7.15. The Bertz CT molecular complexity index is 350. The fourth-order valence-electron chi connectivity index (χ4n) is 1.07. The molecule has 0 aliphatic heterocycles. The smallest absolute Gasteiger partial charge is 0.335 e. The maximum absolute atomic E-state index is 10.7. The lowest BCUT2D eigenvalue weighted by molar-refractivity contribution is 0.0696. The van der Waals surface area contributed by atoms with Crippen molar-refractivity contribution in [3.63, 3.8) is 0 Å². The van der Waals surface area contributed by atoms with E-state index in [4.69, 9.17) is 9.84 Å². The van der Waals surface area contributed by atoms with Crippen molar-refractivity contribution in [2.45, 2.75) is 19.8 Å². The standard InChI is InChI=1S/C11H13IO3/c1-2-3-6-15-10-7-8(11(13)14)4-5-9(10)12/h4-5,7H,2-3,6H2,1H3,(H,13,14). The minimum Gasteiger partial charge on any atom is -0.492 e. The summed E-state index contributed by atoms with van der Waals surface area (Å²) in [5.41, 5.74) is 0.266. The third kappa shape index (κ3) is 3.70. The number of hydrogen-bond acceptors (Lipinski definition) is 2. The first-order valence-electron chi connectivity index (χ1n) is 4.80. The molecule has 0 radical (unpaired) electrons. The van der Waals surface area contributed by atoms with E-state index >= 15 is 0 Å². The van der Waals surface area contributed by atoms with Gasteiger partial charge < -0.3 is 9.84 Å². The minimum absolute atomic E-state index is 0.266. The molecule has 0 fully saturated rings. The van der Waals surface area contributed by atoms with Gasteiger partial charge in [-0.05, 0) is 47.2 Å². The number of carboxylic acids is 1. The maximum atomic E-state index is 10.7. The number of carboxylic acid groups (broad SMARTS) is 1. The summed E-state index contributed by atoms with van der Waals surface area (Å²) in [6.45, 7) is 2.72. The van der Waals surface area contributed by atoms with Gasteiger partial charge in [-0.25, -0.2) is 4.79 Å². The largest absolute Gasteiger partial charge is 0.492 e. The molecule has 1 rings (SSSR count). The number of halogens is 1. The number of ether oxygens (including phenoxy) is 1. The average Bonchev–Trinajstić information content (AvgIpc) is 2.20. The number of unbranched alkanes of at least 4 members (excludes halogenated alkanes) is 1. The molecule has 1 aromatic rings. The molecule has 0 aliphatic rings. The van der Waals surface area contributed by atoms with Crippen LogP contribution in [0.1, 0.15) is 30.1 Å². The van der Waals surface area contributed by atoms with Crippen LogP contribution in [-0.2, 0) is 0 Å². The van der Waals surface area contributed by atoms with Crippen molar-refractivity contribution >= 4 is 28.6 Å². The monoisotopic (exact) mass is 320 g/mol. The van der Waals surface area contributed by atoms with Crippen LogP contribution in [0.4, 0.5) is 0 Å². The summed E-state index contributed by atoms with van der Waals surface area (Å²) < 4.78 is 6.44. The summed E-state index contributed by atoms with van der Waals surface area (Å²) in [5, 5.41) is 8.81. The van der Waals surface area contributed by atoms with E-state index in [1.807, 2.05) is 0 Å². The molecule has 4 heteroatoms. The lowest BCUT2D eigenvalue weighted by Crippen LogP contribution is -2.01. The summed E-state index contributed by atoms with van der Waals surface area (Å²) in [7, 11) is 0. The van der Waals surface area contributed by atoms with E-state index in [0.29, 0.717) is 12.4 Å². The highest BCUT2D eigenvalue weighted by molar-refractivity contribution is 14.1. The lowest BCUT2D eigenvalue weighted by Gasteiger charge is -2.08. The topological polar surface area (TPSA) is 46.5 Å². The molecular weight excluding hydrogens is 307 g/mol. The highest BCUT2D eigenvalue weighted by atomic mass is 127. The first kappa shape index (κ1) is 12.3. The minimum atomic E-state index is -0.924. The van der Waals surface area contributed by atoms with Crippen LogP contribution in [0.5, 0.6) is 5.75 Å². The highest BCUT2D eigenvalue weighted by Crippen LogP contribution is 2.22. The molecular formula is C11H13IO3. The Morgan fingerprint density at radius 3 is 2.87 bits per heavy atom. The highest BCUT2D eigenvalue weighted by Gasteiger charge is 2.07. The summed E-state index contributed by atoms with van der Waals surface area (Å²) >= 11 is 2.13. The Hall–Kier alpha value is -0.780. The van der Waals surface area contributed by atoms with E-state index in [9.17, 15) is 4.79 Å². The Kier molecular flexibility index (Phi) is 4.87. The summed E-state index contributed by atoms with van der Waals surface area (Å²) in [4.78, 5) is 10.7. The third-order valence-corrected chi connectivity index (χ3v) is 2.82. The number of rotatable bonds is 5. The Labute approximate surface area is 103 Å². The molecule has 0 bridgehead atoms. The number of aromatic carboxylic acids is 1. The zero-order valence-electron chi connectivity index (χ0n) is 8.50. The van der Waals surface area contributed by atoms with Gasteiger partial charge in [0.2, 0.25) is 0 Å². The molecule has 0 unspecified atom stereocenters. The average molecular weight is 320 g/mol. The predicted molar refractivity (Wildman–Crippen MR) is 66.5 cm³/mol. The summed E-state index contributed by atoms with van der Waals surface area (Å²) in [5.74, 6) is -0.268. The van der Waals surface area contributed by atoms with Gasteiger partial charge in [-0.1, -0.05) is 13.3 Å². The molecule has 0 amide bonds. The fraction of sp³-hybridized carbons (Fsp3) is 0.364. The molecule has 0 aliphatic carbocycles. The molecule has 0 saturated heterocycles. The van der Waals surface area contributed by atoms with Crippen molar-refractivity contribution in [1.29, 1.82) is 0 Å². The van der Waals surface area contributed by atoms with E-state index in [-0.39, 0.29) is 5.56 Å². The van der Waals surface area contributed by atoms with E-state index in [2.05, 4.69) is 29.5 Å². The number of carbonyl (C=O) groups is 1. The molecule has 0 heterocycles. The second-order valence-electron chi connectivity index (χ2n) is 3.15. The third-order valence-electron chi connectivity index (χ3n) is 1.93. The van der Waals surface area contributed by atoms with Gasteiger partial charge in [0.05, 0.1) is 15.7 Å². The Morgan fingerprint density at radius 1 is 1.53 bits per heavy atom. The van der Waals surface area contributed by atoms with Gasteiger partial charge >= 0.3 is 5.97 Å². The summed E-state index contributed by atoms with van der Waals surface area (Å²) in [6, 6.07) is 4.90. The van der Waals surface area contributed by atoms with Crippen LogP contribution in [0.25, 0.3) is 0 Å². The van der Waals surface area contributed by atoms with Gasteiger partial charge in [-0.15, -0.1) is 0 Å². The van der Waals surface area contributed by atoms with Crippen LogP contribution < -0.4 is 4.74 Å². The molecule has 1 aromatic carbocycles. The zero-order valence-corrected chi connectivity index (χ0v) is 10.7.